The van der Waals surface area contributed by atoms with E-state index in [0.29, 0.717) is 6.61 Å². The zero-order valence-corrected chi connectivity index (χ0v) is 11.1. The lowest BCUT2D eigenvalue weighted by molar-refractivity contribution is 0.158. The Balaban J connectivity index is 0.00000106. The van der Waals surface area contributed by atoms with Crippen LogP contribution in [-0.4, -0.2) is 12.3 Å². The molecule has 0 radical (unpaired) electrons. The normalized spacial score (nSPS) is 10.4. The summed E-state index contributed by atoms with van der Waals surface area (Å²) < 4.78 is 0. The molecule has 2 heteroatoms. The fourth-order valence-electron chi connectivity index (χ4n) is 1.21. The third kappa shape index (κ3) is 4.96. The van der Waals surface area contributed by atoms with Crippen LogP contribution in [0.3, 0.4) is 0 Å². The first kappa shape index (κ1) is 14.7. The highest BCUT2D eigenvalue weighted by Gasteiger charge is 2.00. The van der Waals surface area contributed by atoms with Crippen molar-refractivity contribution in [3.8, 4) is 0 Å². The van der Waals surface area contributed by atoms with E-state index in [4.69, 9.17) is 4.84 Å². The lowest BCUT2D eigenvalue weighted by Gasteiger charge is -2.03. The maximum Gasteiger partial charge on any atom is 0.114 e. The van der Waals surface area contributed by atoms with Crippen molar-refractivity contribution >= 4 is 5.71 Å². The van der Waals surface area contributed by atoms with Gasteiger partial charge in [-0.05, 0) is 25.8 Å². The van der Waals surface area contributed by atoms with Gasteiger partial charge in [0, 0.05) is 0 Å². The fraction of sp³-hybridized carbons (Fsp3) is 0.500. The maximum absolute atomic E-state index is 5.06. The second-order valence-electron chi connectivity index (χ2n) is 3.18. The molecule has 0 unspecified atom stereocenters. The highest BCUT2D eigenvalue weighted by atomic mass is 16.6. The van der Waals surface area contributed by atoms with Gasteiger partial charge in [0.2, 0.25) is 0 Å². The van der Waals surface area contributed by atoms with Gasteiger partial charge in [0.25, 0.3) is 0 Å². The molecule has 1 rings (SSSR count). The van der Waals surface area contributed by atoms with Gasteiger partial charge >= 0.3 is 0 Å². The lowest BCUT2D eigenvalue weighted by atomic mass is 10.1. The molecule has 0 bridgehead atoms. The summed E-state index contributed by atoms with van der Waals surface area (Å²) in [5.74, 6) is 0. The van der Waals surface area contributed by atoms with Gasteiger partial charge in [-0.2, -0.15) is 0 Å². The molecule has 0 aliphatic carbocycles. The van der Waals surface area contributed by atoms with Crippen LogP contribution in [0, 0.1) is 6.92 Å². The molecule has 0 aliphatic heterocycles. The van der Waals surface area contributed by atoms with Gasteiger partial charge in [0.1, 0.15) is 6.61 Å². The number of aryl methyl sites for hydroxylation is 1. The van der Waals surface area contributed by atoms with Crippen molar-refractivity contribution in [2.45, 2.75) is 41.0 Å². The molecule has 90 valence electrons. The van der Waals surface area contributed by atoms with Crippen molar-refractivity contribution in [3.63, 3.8) is 0 Å². The van der Waals surface area contributed by atoms with Crippen LogP contribution in [0.25, 0.3) is 0 Å². The van der Waals surface area contributed by atoms with Crippen LogP contribution in [-0.2, 0) is 4.84 Å². The summed E-state index contributed by atoms with van der Waals surface area (Å²) in [4.78, 5) is 5.06. The zero-order valence-electron chi connectivity index (χ0n) is 11.1. The van der Waals surface area contributed by atoms with Gasteiger partial charge in [-0.1, -0.05) is 55.8 Å². The third-order valence-electron chi connectivity index (χ3n) is 2.02. The van der Waals surface area contributed by atoms with E-state index in [0.717, 1.165) is 17.7 Å². The number of nitrogens with zero attached hydrogens (tertiary/aromatic N) is 1. The summed E-state index contributed by atoms with van der Waals surface area (Å²) in [6, 6.07) is 8.34. The van der Waals surface area contributed by atoms with E-state index in [1.54, 1.807) is 0 Å². The molecule has 0 spiro atoms. The topological polar surface area (TPSA) is 21.6 Å². The number of oxime groups is 1. The Labute approximate surface area is 99.3 Å². The zero-order chi connectivity index (χ0) is 12.4. The summed E-state index contributed by atoms with van der Waals surface area (Å²) in [6.45, 7) is 10.7. The van der Waals surface area contributed by atoms with Crippen molar-refractivity contribution < 1.29 is 4.84 Å². The predicted octanol–water partition coefficient (Wildman–Crippen LogP) is 4.17. The molecule has 0 heterocycles. The summed E-state index contributed by atoms with van der Waals surface area (Å²) >= 11 is 0. The van der Waals surface area contributed by atoms with E-state index in [1.165, 1.54) is 5.56 Å². The van der Waals surface area contributed by atoms with Gasteiger partial charge in [0.15, 0.2) is 0 Å². The molecule has 0 saturated heterocycles. The second kappa shape index (κ2) is 8.96. The Bertz CT molecular complexity index is 301. The maximum atomic E-state index is 5.06. The Morgan fingerprint density at radius 1 is 1.12 bits per heavy atom. The molecule has 0 amide bonds. The molecule has 0 N–H and O–H groups in total. The Hall–Kier alpha value is -1.31. The molecular formula is C14H23NO. The van der Waals surface area contributed by atoms with E-state index in [2.05, 4.69) is 43.3 Å². The van der Waals surface area contributed by atoms with E-state index >= 15 is 0 Å². The van der Waals surface area contributed by atoms with Crippen molar-refractivity contribution in [1.29, 1.82) is 0 Å². The molecular weight excluding hydrogens is 198 g/mol. The van der Waals surface area contributed by atoms with Gasteiger partial charge in [-0.25, -0.2) is 0 Å². The highest BCUT2D eigenvalue weighted by molar-refractivity contribution is 6.00. The molecule has 0 atom stereocenters. The number of benzene rings is 1. The van der Waals surface area contributed by atoms with Crippen LogP contribution in [0.5, 0.6) is 0 Å². The third-order valence-corrected chi connectivity index (χ3v) is 2.02. The Kier molecular flexibility index (Phi) is 8.22. The van der Waals surface area contributed by atoms with Crippen molar-refractivity contribution in [1.82, 2.24) is 0 Å². The molecule has 16 heavy (non-hydrogen) atoms. The SMILES string of the molecule is CC.CCO/N=C(\CC)c1ccc(C)cc1. The molecule has 0 aromatic heterocycles. The van der Waals surface area contributed by atoms with Gasteiger partial charge in [0.05, 0.1) is 5.71 Å². The van der Waals surface area contributed by atoms with E-state index in [-0.39, 0.29) is 0 Å². The summed E-state index contributed by atoms with van der Waals surface area (Å²) in [5, 5.41) is 4.08. The first-order valence-corrected chi connectivity index (χ1v) is 6.03. The second-order valence-corrected chi connectivity index (χ2v) is 3.18. The van der Waals surface area contributed by atoms with Gasteiger partial charge in [-0.15, -0.1) is 0 Å². The monoisotopic (exact) mass is 221 g/mol. The van der Waals surface area contributed by atoms with Crippen molar-refractivity contribution in [2.24, 2.45) is 5.16 Å². The first-order chi connectivity index (χ1) is 7.77. The molecule has 0 fully saturated rings. The molecule has 0 saturated carbocycles. The van der Waals surface area contributed by atoms with Crippen LogP contribution in [0.1, 0.15) is 45.2 Å². The fourth-order valence-corrected chi connectivity index (χ4v) is 1.21. The van der Waals surface area contributed by atoms with Crippen LogP contribution in [0.4, 0.5) is 0 Å². The predicted molar refractivity (Wildman–Crippen MR) is 71.0 cm³/mol. The summed E-state index contributed by atoms with van der Waals surface area (Å²) in [6.07, 6.45) is 0.892. The molecule has 1 aromatic carbocycles. The highest BCUT2D eigenvalue weighted by Crippen LogP contribution is 2.07. The number of hydrogen-bond acceptors (Lipinski definition) is 2. The van der Waals surface area contributed by atoms with Crippen molar-refractivity contribution in [3.05, 3.63) is 35.4 Å². The van der Waals surface area contributed by atoms with Gasteiger partial charge in [-0.3, -0.25) is 0 Å². The molecule has 0 aliphatic rings. The summed E-state index contributed by atoms with van der Waals surface area (Å²) in [5.41, 5.74) is 3.42. The van der Waals surface area contributed by atoms with E-state index in [9.17, 15) is 0 Å². The quantitative estimate of drug-likeness (QED) is 0.552. The average Bonchev–Trinajstić information content (AvgIpc) is 2.35. The number of rotatable bonds is 4. The van der Waals surface area contributed by atoms with Crippen LogP contribution in [0.2, 0.25) is 0 Å². The van der Waals surface area contributed by atoms with Crippen LogP contribution in [0.15, 0.2) is 29.4 Å². The average molecular weight is 221 g/mol. The van der Waals surface area contributed by atoms with Crippen LogP contribution >= 0.6 is 0 Å². The minimum absolute atomic E-state index is 0.620. The standard InChI is InChI=1S/C12H17NO.C2H6/c1-4-12(13-14-5-2)11-8-6-10(3)7-9-11;1-2/h6-9H,4-5H2,1-3H3;1-2H3/b13-12+;. The van der Waals surface area contributed by atoms with Gasteiger partial charge < -0.3 is 4.84 Å². The largest absolute Gasteiger partial charge is 0.396 e. The van der Waals surface area contributed by atoms with E-state index in [1.807, 2.05) is 20.8 Å². The smallest absolute Gasteiger partial charge is 0.114 e. The minimum atomic E-state index is 0.620. The first-order valence-electron chi connectivity index (χ1n) is 6.03. The lowest BCUT2D eigenvalue weighted by Crippen LogP contribution is -2.00. The summed E-state index contributed by atoms with van der Waals surface area (Å²) in [7, 11) is 0. The minimum Gasteiger partial charge on any atom is -0.396 e. The number of hydrogen-bond donors (Lipinski definition) is 0. The molecule has 2 nitrogen and oxygen atoms in total. The van der Waals surface area contributed by atoms with E-state index < -0.39 is 0 Å². The Morgan fingerprint density at radius 3 is 2.12 bits per heavy atom. The van der Waals surface area contributed by atoms with Crippen LogP contribution < -0.4 is 0 Å². The van der Waals surface area contributed by atoms with Crippen molar-refractivity contribution in [2.75, 3.05) is 6.61 Å². The Morgan fingerprint density at radius 2 is 1.69 bits per heavy atom. The molecule has 1 aromatic rings.